The number of anilines is 2. The van der Waals surface area contributed by atoms with E-state index >= 15 is 0 Å². The van der Waals surface area contributed by atoms with Crippen molar-refractivity contribution in [2.24, 2.45) is 14.1 Å². The number of amides is 2. The molecule has 272 valence electrons. The number of nitrogens with zero attached hydrogens (tertiary/aromatic N) is 2. The van der Waals surface area contributed by atoms with Crippen molar-refractivity contribution < 1.29 is 9.59 Å². The Bertz CT molecular complexity index is 2390. The Morgan fingerprint density at radius 2 is 1.09 bits per heavy atom. The minimum Gasteiger partial charge on any atom is -0.326 e. The lowest BCUT2D eigenvalue weighted by atomic mass is 9.87. The van der Waals surface area contributed by atoms with Gasteiger partial charge in [-0.1, -0.05) is 66.7 Å². The van der Waals surface area contributed by atoms with Crippen LogP contribution in [0.4, 0.5) is 11.4 Å². The molecule has 6 aromatic rings. The van der Waals surface area contributed by atoms with Crippen LogP contribution < -0.4 is 21.8 Å². The van der Waals surface area contributed by atoms with E-state index in [1.807, 2.05) is 80.8 Å². The van der Waals surface area contributed by atoms with Gasteiger partial charge in [-0.2, -0.15) is 0 Å². The molecule has 8 heteroatoms. The molecule has 0 aliphatic carbocycles. The first-order chi connectivity index (χ1) is 26.0. The smallest absolute Gasteiger partial charge is 0.253 e. The van der Waals surface area contributed by atoms with E-state index in [0.29, 0.717) is 12.8 Å². The lowest BCUT2D eigenvalue weighted by Gasteiger charge is -2.23. The van der Waals surface area contributed by atoms with Crippen molar-refractivity contribution in [2.75, 3.05) is 10.6 Å². The van der Waals surface area contributed by atoms with E-state index in [2.05, 4.69) is 53.1 Å². The van der Waals surface area contributed by atoms with Crippen LogP contribution in [0, 0.1) is 13.8 Å². The molecule has 0 spiro atoms. The number of pyridine rings is 2. The number of fused-ring (bicyclic) bond motifs is 2. The van der Waals surface area contributed by atoms with E-state index in [0.717, 1.165) is 81.6 Å². The highest BCUT2D eigenvalue weighted by atomic mass is 16.2. The molecule has 0 unspecified atom stereocenters. The molecule has 2 amide bonds. The van der Waals surface area contributed by atoms with E-state index in [1.54, 1.807) is 23.2 Å². The van der Waals surface area contributed by atoms with Gasteiger partial charge in [0.2, 0.25) is 11.8 Å². The molecule has 0 fully saturated rings. The highest BCUT2D eigenvalue weighted by molar-refractivity contribution is 5.96. The quantitative estimate of drug-likeness (QED) is 0.185. The van der Waals surface area contributed by atoms with Crippen LogP contribution in [0.2, 0.25) is 0 Å². The molecule has 4 heterocycles. The van der Waals surface area contributed by atoms with E-state index < -0.39 is 0 Å². The summed E-state index contributed by atoms with van der Waals surface area (Å²) in [6.07, 6.45) is 7.84. The minimum absolute atomic E-state index is 0.0218. The number of hydrogen-bond acceptors (Lipinski definition) is 4. The SMILES string of the molecule is Cc1cc(-c2cc3c(cc2Cc2ccccc2)NC(=O)CC3)cn(C)c1=O.Cc1cc(-c2ccc3c(c2Cc2ccccc2)CCC(=O)N3)cn(C)c1=O. The fourth-order valence-electron chi connectivity index (χ4n) is 7.57. The van der Waals surface area contributed by atoms with Crippen molar-refractivity contribution >= 4 is 23.2 Å². The molecule has 0 atom stereocenters. The number of aryl methyl sites for hydroxylation is 5. The van der Waals surface area contributed by atoms with Crippen molar-refractivity contribution in [3.8, 4) is 22.3 Å². The van der Waals surface area contributed by atoms with Gasteiger partial charge in [0.1, 0.15) is 0 Å². The molecule has 2 N–H and O–H groups in total. The number of rotatable bonds is 6. The Morgan fingerprint density at radius 1 is 0.556 bits per heavy atom. The first-order valence-electron chi connectivity index (χ1n) is 18.4. The third kappa shape index (κ3) is 7.74. The molecule has 0 saturated heterocycles. The maximum absolute atomic E-state index is 12.1. The monoisotopic (exact) mass is 716 g/mol. The van der Waals surface area contributed by atoms with Gasteiger partial charge >= 0.3 is 0 Å². The molecular formula is C46H44N4O4. The van der Waals surface area contributed by atoms with Gasteiger partial charge in [0.25, 0.3) is 11.1 Å². The maximum atomic E-state index is 12.1. The normalized spacial score (nSPS) is 13.2. The Hall–Kier alpha value is -6.28. The molecule has 8 rings (SSSR count). The zero-order valence-corrected chi connectivity index (χ0v) is 31.2. The molecule has 2 aromatic heterocycles. The maximum Gasteiger partial charge on any atom is 0.253 e. The van der Waals surface area contributed by atoms with Crippen LogP contribution in [-0.4, -0.2) is 20.9 Å². The van der Waals surface area contributed by atoms with Gasteiger partial charge in [-0.25, -0.2) is 0 Å². The summed E-state index contributed by atoms with van der Waals surface area (Å²) in [4.78, 5) is 47.9. The summed E-state index contributed by atoms with van der Waals surface area (Å²) in [7, 11) is 3.57. The van der Waals surface area contributed by atoms with E-state index in [-0.39, 0.29) is 22.9 Å². The van der Waals surface area contributed by atoms with Crippen LogP contribution in [0.1, 0.15) is 57.3 Å². The zero-order chi connectivity index (χ0) is 37.9. The largest absolute Gasteiger partial charge is 0.326 e. The van der Waals surface area contributed by atoms with Crippen LogP contribution in [0.25, 0.3) is 22.3 Å². The molecule has 0 radical (unpaired) electrons. The second-order valence-electron chi connectivity index (χ2n) is 14.4. The molecule has 0 bridgehead atoms. The molecule has 2 aliphatic rings. The van der Waals surface area contributed by atoms with Gasteiger partial charge in [0.05, 0.1) is 0 Å². The van der Waals surface area contributed by atoms with Gasteiger partial charge in [-0.15, -0.1) is 0 Å². The predicted molar refractivity (Wildman–Crippen MR) is 216 cm³/mol. The van der Waals surface area contributed by atoms with Crippen molar-refractivity contribution in [1.82, 2.24) is 9.13 Å². The molecule has 4 aromatic carbocycles. The first kappa shape index (κ1) is 36.1. The van der Waals surface area contributed by atoms with E-state index in [9.17, 15) is 19.2 Å². The summed E-state index contributed by atoms with van der Waals surface area (Å²) >= 11 is 0. The summed E-state index contributed by atoms with van der Waals surface area (Å²) < 4.78 is 3.27. The predicted octanol–water partition coefficient (Wildman–Crippen LogP) is 7.67. The Morgan fingerprint density at radius 3 is 1.69 bits per heavy atom. The third-order valence-corrected chi connectivity index (χ3v) is 10.3. The second-order valence-corrected chi connectivity index (χ2v) is 14.4. The summed E-state index contributed by atoms with van der Waals surface area (Å²) in [5, 5.41) is 6.00. The van der Waals surface area contributed by atoms with Crippen LogP contribution in [0.5, 0.6) is 0 Å². The van der Waals surface area contributed by atoms with Crippen molar-refractivity contribution in [3.05, 3.63) is 175 Å². The lowest BCUT2D eigenvalue weighted by molar-refractivity contribution is -0.117. The van der Waals surface area contributed by atoms with Crippen molar-refractivity contribution in [3.63, 3.8) is 0 Å². The van der Waals surface area contributed by atoms with Crippen LogP contribution in [0.3, 0.4) is 0 Å². The topological polar surface area (TPSA) is 102 Å². The number of hydrogen-bond donors (Lipinski definition) is 2. The van der Waals surface area contributed by atoms with Gasteiger partial charge in [-0.3, -0.25) is 19.2 Å². The van der Waals surface area contributed by atoms with E-state index in [1.165, 1.54) is 22.3 Å². The third-order valence-electron chi connectivity index (χ3n) is 10.3. The summed E-state index contributed by atoms with van der Waals surface area (Å²) in [5.41, 5.74) is 14.7. The highest BCUT2D eigenvalue weighted by Crippen LogP contribution is 2.36. The zero-order valence-electron chi connectivity index (χ0n) is 31.2. The fourth-order valence-corrected chi connectivity index (χ4v) is 7.57. The molecule has 8 nitrogen and oxygen atoms in total. The van der Waals surface area contributed by atoms with Crippen LogP contribution in [0.15, 0.2) is 119 Å². The molecule has 2 aliphatic heterocycles. The van der Waals surface area contributed by atoms with Gasteiger partial charge in [0, 0.05) is 61.8 Å². The Kier molecular flexibility index (Phi) is 10.3. The standard InChI is InChI=1S/2C23H22N2O2/c1-15-12-17(14-25(2)23(15)27)18-8-10-21-19(9-11-22(26)24-21)20(18)13-16-6-4-3-5-7-16;1-15-10-19(14-25(2)23(15)27)20-12-17-8-9-22(26)24-21(17)13-18(20)11-16-6-4-3-5-7-16/h3-8,10,12,14H,9,11,13H2,1-2H3,(H,24,26);3-7,10,12-14H,8-9,11H2,1-2H3,(H,24,26). The Labute approximate surface area is 315 Å². The lowest BCUT2D eigenvalue weighted by Crippen LogP contribution is -2.21. The van der Waals surface area contributed by atoms with Crippen molar-refractivity contribution in [2.45, 2.75) is 52.4 Å². The summed E-state index contributed by atoms with van der Waals surface area (Å²) in [5.74, 6) is 0.137. The minimum atomic E-state index is 0.0218. The Balaban J connectivity index is 0.000000167. The fraction of sp³-hybridized carbons (Fsp3) is 0.217. The first-order valence-corrected chi connectivity index (χ1v) is 18.4. The number of benzene rings is 4. The number of aromatic nitrogens is 2. The van der Waals surface area contributed by atoms with Gasteiger partial charge < -0.3 is 19.8 Å². The van der Waals surface area contributed by atoms with Gasteiger partial charge in [-0.05, 0) is 125 Å². The summed E-state index contributed by atoms with van der Waals surface area (Å²) in [6.45, 7) is 3.70. The number of carbonyl (C=O) groups excluding carboxylic acids is 2. The molecular weight excluding hydrogens is 673 g/mol. The number of carbonyl (C=O) groups is 2. The second kappa shape index (κ2) is 15.4. The van der Waals surface area contributed by atoms with Crippen molar-refractivity contribution in [1.29, 1.82) is 0 Å². The molecule has 54 heavy (non-hydrogen) atoms. The number of nitrogens with one attached hydrogen (secondary N) is 2. The average molecular weight is 717 g/mol. The van der Waals surface area contributed by atoms with Crippen LogP contribution in [-0.2, 0) is 49.4 Å². The van der Waals surface area contributed by atoms with E-state index in [4.69, 9.17) is 0 Å². The molecule has 0 saturated carbocycles. The average Bonchev–Trinajstić information content (AvgIpc) is 3.16. The summed E-state index contributed by atoms with van der Waals surface area (Å²) in [6, 6.07) is 32.9. The van der Waals surface area contributed by atoms with Gasteiger partial charge in [0.15, 0.2) is 0 Å². The van der Waals surface area contributed by atoms with Crippen LogP contribution >= 0.6 is 0 Å². The highest BCUT2D eigenvalue weighted by Gasteiger charge is 2.22.